The summed E-state index contributed by atoms with van der Waals surface area (Å²) in [6, 6.07) is 5.59. The Morgan fingerprint density at radius 2 is 2.08 bits per heavy atom. The third kappa shape index (κ3) is 5.63. The molecule has 3 aliphatic rings. The monoisotopic (exact) mass is 688 g/mol. The van der Waals surface area contributed by atoms with Gasteiger partial charge in [0.05, 0.1) is 36.3 Å². The molecule has 8 rings (SSSR count). The van der Waals surface area contributed by atoms with E-state index in [-0.39, 0.29) is 64.7 Å². The lowest BCUT2D eigenvalue weighted by atomic mass is 9.94. The number of aryl methyl sites for hydroxylation is 1. The number of aromatic hydroxyl groups is 1. The molecule has 0 aliphatic carbocycles. The quantitative estimate of drug-likeness (QED) is 0.153. The lowest BCUT2D eigenvalue weighted by Crippen LogP contribution is -2.43. The van der Waals surface area contributed by atoms with Crippen LogP contribution in [0.2, 0.25) is 0 Å². The first-order chi connectivity index (χ1) is 24.2. The van der Waals surface area contributed by atoms with Crippen LogP contribution in [-0.4, -0.2) is 85.7 Å². The van der Waals surface area contributed by atoms with Crippen molar-refractivity contribution in [2.24, 2.45) is 5.92 Å². The molecule has 12 nitrogen and oxygen atoms in total. The number of aromatic amines is 1. The zero-order valence-electron chi connectivity index (χ0n) is 27.2. The fourth-order valence-electron chi connectivity index (χ4n) is 7.45. The molecule has 6 heterocycles. The van der Waals surface area contributed by atoms with Crippen molar-refractivity contribution in [1.82, 2.24) is 30.0 Å². The average Bonchev–Trinajstić information content (AvgIpc) is 3.76. The van der Waals surface area contributed by atoms with Crippen molar-refractivity contribution < 1.29 is 32.5 Å². The molecular formula is C35H35F3N8O4. The molecule has 5 aromatic rings. The number of carbonyl (C=O) groups excluding carboxylic acids is 1. The van der Waals surface area contributed by atoms with Gasteiger partial charge in [-0.05, 0) is 60.3 Å². The van der Waals surface area contributed by atoms with Crippen molar-refractivity contribution in [3.8, 4) is 23.0 Å². The Morgan fingerprint density at radius 3 is 2.88 bits per heavy atom. The Bertz CT molecular complexity index is 2130. The second kappa shape index (κ2) is 12.7. The summed E-state index contributed by atoms with van der Waals surface area (Å²) >= 11 is 0. The van der Waals surface area contributed by atoms with Gasteiger partial charge in [0.1, 0.15) is 47.2 Å². The zero-order chi connectivity index (χ0) is 34.6. The number of hydrogen-bond donors (Lipinski definition) is 4. The van der Waals surface area contributed by atoms with Gasteiger partial charge in [0, 0.05) is 36.8 Å². The maximum Gasteiger partial charge on any atom is 0.319 e. The van der Waals surface area contributed by atoms with Gasteiger partial charge in [-0.25, -0.2) is 13.2 Å². The maximum atomic E-state index is 16.8. The Kier molecular flexibility index (Phi) is 8.18. The second-order valence-corrected chi connectivity index (χ2v) is 13.2. The summed E-state index contributed by atoms with van der Waals surface area (Å²) < 4.78 is 57.6. The van der Waals surface area contributed by atoms with E-state index in [1.807, 2.05) is 0 Å². The molecule has 2 atom stereocenters. The van der Waals surface area contributed by atoms with E-state index in [0.717, 1.165) is 19.4 Å². The van der Waals surface area contributed by atoms with Crippen LogP contribution in [-0.2, 0) is 22.5 Å². The van der Waals surface area contributed by atoms with Crippen molar-refractivity contribution in [1.29, 1.82) is 0 Å². The van der Waals surface area contributed by atoms with Gasteiger partial charge in [0.2, 0.25) is 5.91 Å². The normalized spacial score (nSPS) is 20.7. The van der Waals surface area contributed by atoms with E-state index in [2.05, 4.69) is 40.7 Å². The van der Waals surface area contributed by atoms with E-state index in [1.54, 1.807) is 13.1 Å². The minimum atomic E-state index is -0.962. The number of fused-ring (bicyclic) bond motifs is 3. The number of halogens is 3. The van der Waals surface area contributed by atoms with E-state index < -0.39 is 23.3 Å². The summed E-state index contributed by atoms with van der Waals surface area (Å²) in [6.07, 6.45) is 4.34. The molecular weight excluding hydrogens is 653 g/mol. The molecule has 0 radical (unpaired) electrons. The number of benzene rings is 2. The topological polar surface area (TPSA) is 150 Å². The third-order valence-corrected chi connectivity index (χ3v) is 10.1. The van der Waals surface area contributed by atoms with Crippen molar-refractivity contribution in [3.05, 3.63) is 59.4 Å². The Balaban J connectivity index is 1.19. The number of anilines is 2. The molecule has 50 heavy (non-hydrogen) atoms. The summed E-state index contributed by atoms with van der Waals surface area (Å²) in [4.78, 5) is 28.2. The highest BCUT2D eigenvalue weighted by molar-refractivity contribution is 6.01. The van der Waals surface area contributed by atoms with Gasteiger partial charge < -0.3 is 25.2 Å². The van der Waals surface area contributed by atoms with Crippen LogP contribution in [0.5, 0.6) is 11.8 Å². The van der Waals surface area contributed by atoms with Gasteiger partial charge in [-0.2, -0.15) is 15.1 Å². The van der Waals surface area contributed by atoms with E-state index in [0.29, 0.717) is 60.3 Å². The number of ether oxygens (including phenoxy) is 2. The number of phenols is 1. The van der Waals surface area contributed by atoms with Crippen LogP contribution < -0.4 is 15.4 Å². The Labute approximate surface area is 284 Å². The molecule has 4 N–H and O–H groups in total. The van der Waals surface area contributed by atoms with Gasteiger partial charge in [0.15, 0.2) is 5.82 Å². The number of nitrogens with zero attached hydrogens (tertiary/aromatic N) is 5. The first kappa shape index (κ1) is 32.2. The molecule has 0 saturated carbocycles. The van der Waals surface area contributed by atoms with Crippen LogP contribution in [0, 0.1) is 17.6 Å². The molecule has 0 unspecified atom stereocenters. The number of hydrogen-bond acceptors (Lipinski definition) is 10. The zero-order valence-corrected chi connectivity index (χ0v) is 27.2. The number of pyridine rings is 1. The fourth-order valence-corrected chi connectivity index (χ4v) is 7.45. The standard InChI is InChI=1S/C35H35F3N8O4/c1-2-23-26(37)5-4-18-8-22(47)9-24(27(18)23)29-28(38)30-25(13-39-29)32(40-11-19-12-41-45-31(19)43-33(48)20-15-49-16-20)44-34(42-30)50-17-35-6-3-7-46(35)14-21(36)10-35/h4-5,8-9,12-13,20-21,47H,2-3,6-7,10-11,14-17H2,1H3,(H,40,42,44)(H2,41,43,45,48)/t21-,35+/m1/s1. The highest BCUT2D eigenvalue weighted by Gasteiger charge is 2.49. The summed E-state index contributed by atoms with van der Waals surface area (Å²) in [5.74, 6) is -1.25. The highest BCUT2D eigenvalue weighted by atomic mass is 19.1. The average molecular weight is 689 g/mol. The van der Waals surface area contributed by atoms with Crippen LogP contribution in [0.15, 0.2) is 36.7 Å². The number of alkyl halides is 1. The molecule has 1 amide bonds. The summed E-state index contributed by atoms with van der Waals surface area (Å²) in [5, 5.41) is 24.7. The molecule has 15 heteroatoms. The minimum absolute atomic E-state index is 0.116. The number of nitrogens with one attached hydrogen (secondary N) is 3. The van der Waals surface area contributed by atoms with Crippen LogP contribution in [0.1, 0.15) is 37.3 Å². The van der Waals surface area contributed by atoms with Crippen LogP contribution in [0.4, 0.5) is 24.8 Å². The highest BCUT2D eigenvalue weighted by Crippen LogP contribution is 2.41. The number of aromatic nitrogens is 5. The van der Waals surface area contributed by atoms with E-state index in [4.69, 9.17) is 9.47 Å². The van der Waals surface area contributed by atoms with E-state index in [1.165, 1.54) is 30.5 Å². The van der Waals surface area contributed by atoms with Crippen LogP contribution in [0.3, 0.4) is 0 Å². The number of H-pyrrole nitrogens is 1. The molecule has 0 bridgehead atoms. The van der Waals surface area contributed by atoms with Gasteiger partial charge in [-0.1, -0.05) is 13.0 Å². The smallest absolute Gasteiger partial charge is 0.319 e. The third-order valence-electron chi connectivity index (χ3n) is 10.1. The van der Waals surface area contributed by atoms with E-state index >= 15 is 4.39 Å². The molecule has 3 aliphatic heterocycles. The Hall–Kier alpha value is -5.02. The Morgan fingerprint density at radius 1 is 1.22 bits per heavy atom. The molecule has 0 spiro atoms. The maximum absolute atomic E-state index is 16.8. The van der Waals surface area contributed by atoms with Gasteiger partial charge in [0.25, 0.3) is 0 Å². The van der Waals surface area contributed by atoms with Gasteiger partial charge in [-0.15, -0.1) is 0 Å². The van der Waals surface area contributed by atoms with Crippen LogP contribution >= 0.6 is 0 Å². The predicted molar refractivity (Wildman–Crippen MR) is 179 cm³/mol. The lowest BCUT2D eigenvalue weighted by Gasteiger charge is -2.30. The van der Waals surface area contributed by atoms with Crippen molar-refractivity contribution >= 4 is 39.2 Å². The summed E-state index contributed by atoms with van der Waals surface area (Å²) in [5.41, 5.74) is 0.439. The van der Waals surface area contributed by atoms with Crippen molar-refractivity contribution in [3.63, 3.8) is 0 Å². The molecule has 3 saturated heterocycles. The number of amides is 1. The summed E-state index contributed by atoms with van der Waals surface area (Å²) in [7, 11) is 0. The lowest BCUT2D eigenvalue weighted by molar-refractivity contribution is -0.133. The molecule has 3 aromatic heterocycles. The molecule has 2 aromatic carbocycles. The number of phenolic OH excluding ortho intramolecular Hbond substituents is 1. The predicted octanol–water partition coefficient (Wildman–Crippen LogP) is 5.27. The largest absolute Gasteiger partial charge is 0.508 e. The molecule has 3 fully saturated rings. The second-order valence-electron chi connectivity index (χ2n) is 13.2. The van der Waals surface area contributed by atoms with Crippen LogP contribution in [0.25, 0.3) is 32.9 Å². The first-order valence-electron chi connectivity index (χ1n) is 16.7. The molecule has 260 valence electrons. The minimum Gasteiger partial charge on any atom is -0.508 e. The van der Waals surface area contributed by atoms with Crippen molar-refractivity contribution in [2.45, 2.75) is 50.9 Å². The number of carbonyl (C=O) groups is 1. The first-order valence-corrected chi connectivity index (χ1v) is 16.7. The summed E-state index contributed by atoms with van der Waals surface area (Å²) in [6.45, 7) is 3.86. The van der Waals surface area contributed by atoms with Gasteiger partial charge >= 0.3 is 6.01 Å². The van der Waals surface area contributed by atoms with Crippen molar-refractivity contribution in [2.75, 3.05) is 43.5 Å². The van der Waals surface area contributed by atoms with Gasteiger partial charge in [-0.3, -0.25) is 19.8 Å². The van der Waals surface area contributed by atoms with E-state index in [9.17, 15) is 18.7 Å². The SMILES string of the molecule is CCc1c(F)ccc2cc(O)cc(-c3ncc4c(NCc5cn[nH]c5NC(=O)C5COC5)nc(OC[C@@]56CCCN5C[C@H](F)C6)nc4c3F)c12. The fraction of sp³-hybridized carbons (Fsp3) is 0.400. The number of rotatable bonds is 10.